The quantitative estimate of drug-likeness (QED) is 0.654. The number of hydrogen-bond donors (Lipinski definition) is 2. The van der Waals surface area contributed by atoms with Gasteiger partial charge in [0.2, 0.25) is 6.23 Å². The minimum absolute atomic E-state index is 0.588. The summed E-state index contributed by atoms with van der Waals surface area (Å²) >= 11 is 0. The van der Waals surface area contributed by atoms with Gasteiger partial charge in [0.15, 0.2) is 0 Å². The highest BCUT2D eigenvalue weighted by Gasteiger charge is 2.28. The van der Waals surface area contributed by atoms with E-state index in [4.69, 9.17) is 0 Å². The number of aryl methyl sites for hydroxylation is 2. The van der Waals surface area contributed by atoms with Crippen LogP contribution >= 0.6 is 0 Å². The molecule has 1 atom stereocenters. The van der Waals surface area contributed by atoms with Crippen molar-refractivity contribution in [3.63, 3.8) is 0 Å². The third-order valence-electron chi connectivity index (χ3n) is 4.02. The van der Waals surface area contributed by atoms with Gasteiger partial charge in [-0.25, -0.2) is 9.59 Å². The number of aliphatic hydroxyl groups is 1. The summed E-state index contributed by atoms with van der Waals surface area (Å²) in [5.41, 5.74) is 3.52. The average Bonchev–Trinajstić information content (AvgIpc) is 2.77. The summed E-state index contributed by atoms with van der Waals surface area (Å²) in [6.07, 6.45) is -0.113. The van der Waals surface area contributed by atoms with Crippen LogP contribution < -0.4 is 10.2 Å². The molecule has 0 saturated carbocycles. The van der Waals surface area contributed by atoms with Gasteiger partial charge in [-0.3, -0.25) is 4.90 Å². The molecule has 1 heterocycles. The fraction of sp³-hybridized carbons (Fsp3) is 0.222. The van der Waals surface area contributed by atoms with Gasteiger partial charge < -0.3 is 15.2 Å². The monoisotopic (exact) mass is 326 g/mol. The van der Waals surface area contributed by atoms with Gasteiger partial charge in [0.05, 0.1) is 18.5 Å². The van der Waals surface area contributed by atoms with E-state index in [0.29, 0.717) is 0 Å². The SMILES string of the molecule is COC(=O)C(O)NC(=O)N1c2ccccc2CCc2ccccc21. The lowest BCUT2D eigenvalue weighted by atomic mass is 10.0. The second-order valence-corrected chi connectivity index (χ2v) is 5.47. The first-order valence-electron chi connectivity index (χ1n) is 7.64. The molecule has 24 heavy (non-hydrogen) atoms. The Morgan fingerprint density at radius 3 is 2.04 bits per heavy atom. The fourth-order valence-corrected chi connectivity index (χ4v) is 2.85. The molecule has 0 saturated heterocycles. The van der Waals surface area contributed by atoms with Crippen molar-refractivity contribution in [1.29, 1.82) is 0 Å². The number of amides is 2. The third kappa shape index (κ3) is 2.96. The summed E-state index contributed by atoms with van der Waals surface area (Å²) in [6, 6.07) is 14.6. The van der Waals surface area contributed by atoms with Crippen LogP contribution in [0.3, 0.4) is 0 Å². The molecule has 1 unspecified atom stereocenters. The van der Waals surface area contributed by atoms with Gasteiger partial charge in [-0.2, -0.15) is 0 Å². The number of anilines is 2. The number of benzene rings is 2. The molecule has 0 aromatic heterocycles. The van der Waals surface area contributed by atoms with Crippen molar-refractivity contribution < 1.29 is 19.4 Å². The zero-order valence-corrected chi connectivity index (χ0v) is 13.2. The van der Waals surface area contributed by atoms with Crippen molar-refractivity contribution in [1.82, 2.24) is 5.32 Å². The van der Waals surface area contributed by atoms with Gasteiger partial charge in [-0.05, 0) is 36.1 Å². The molecule has 124 valence electrons. The number of aliphatic hydroxyl groups excluding tert-OH is 1. The van der Waals surface area contributed by atoms with Gasteiger partial charge in [0.25, 0.3) is 0 Å². The van der Waals surface area contributed by atoms with E-state index in [2.05, 4.69) is 10.1 Å². The molecule has 1 aliphatic heterocycles. The zero-order chi connectivity index (χ0) is 17.1. The lowest BCUT2D eigenvalue weighted by Gasteiger charge is -2.26. The van der Waals surface area contributed by atoms with Crippen LogP contribution in [-0.2, 0) is 22.4 Å². The van der Waals surface area contributed by atoms with E-state index in [9.17, 15) is 14.7 Å². The largest absolute Gasteiger partial charge is 0.466 e. The minimum Gasteiger partial charge on any atom is -0.466 e. The highest BCUT2D eigenvalue weighted by atomic mass is 16.5. The predicted molar refractivity (Wildman–Crippen MR) is 89.0 cm³/mol. The van der Waals surface area contributed by atoms with Crippen LogP contribution in [0.2, 0.25) is 0 Å². The molecule has 0 spiro atoms. The van der Waals surface area contributed by atoms with Crippen LogP contribution in [0.5, 0.6) is 0 Å². The Morgan fingerprint density at radius 2 is 1.54 bits per heavy atom. The van der Waals surface area contributed by atoms with Crippen molar-refractivity contribution in [3.8, 4) is 0 Å². The van der Waals surface area contributed by atoms with E-state index in [1.165, 1.54) is 4.90 Å². The number of fused-ring (bicyclic) bond motifs is 2. The van der Waals surface area contributed by atoms with Crippen molar-refractivity contribution >= 4 is 23.4 Å². The standard InChI is InChI=1S/C18H18N2O4/c1-24-17(22)16(21)19-18(23)20-14-8-4-2-6-12(14)10-11-13-7-3-5-9-15(13)20/h2-9,16,21H,10-11H2,1H3,(H,19,23). The van der Waals surface area contributed by atoms with Crippen molar-refractivity contribution in [2.45, 2.75) is 19.1 Å². The normalized spacial score (nSPS) is 14.0. The van der Waals surface area contributed by atoms with E-state index in [1.807, 2.05) is 48.5 Å². The molecule has 0 bridgehead atoms. The van der Waals surface area contributed by atoms with Crippen LogP contribution in [0.4, 0.5) is 16.2 Å². The molecule has 2 N–H and O–H groups in total. The predicted octanol–water partition coefficient (Wildman–Crippen LogP) is 2.12. The Morgan fingerprint density at radius 1 is 1.04 bits per heavy atom. The number of rotatable bonds is 2. The minimum atomic E-state index is -1.72. The topological polar surface area (TPSA) is 78.9 Å². The first-order chi connectivity index (χ1) is 11.6. The highest BCUT2D eigenvalue weighted by molar-refractivity contribution is 6.02. The number of ether oxygens (including phenoxy) is 1. The maximum Gasteiger partial charge on any atom is 0.356 e. The average molecular weight is 326 g/mol. The number of methoxy groups -OCH3 is 1. The van der Waals surface area contributed by atoms with E-state index in [0.717, 1.165) is 42.5 Å². The molecule has 6 heteroatoms. The van der Waals surface area contributed by atoms with Crippen molar-refractivity contribution in [2.24, 2.45) is 0 Å². The maximum atomic E-state index is 12.8. The molecular weight excluding hydrogens is 308 g/mol. The maximum absolute atomic E-state index is 12.8. The summed E-state index contributed by atoms with van der Waals surface area (Å²) in [6.45, 7) is 0. The van der Waals surface area contributed by atoms with Gasteiger partial charge in [-0.15, -0.1) is 0 Å². The van der Waals surface area contributed by atoms with Crippen LogP contribution in [0, 0.1) is 0 Å². The number of hydrogen-bond acceptors (Lipinski definition) is 4. The van der Waals surface area contributed by atoms with E-state index >= 15 is 0 Å². The van der Waals surface area contributed by atoms with E-state index in [1.54, 1.807) is 0 Å². The second kappa shape index (κ2) is 6.72. The number of nitrogens with zero attached hydrogens (tertiary/aromatic N) is 1. The smallest absolute Gasteiger partial charge is 0.356 e. The summed E-state index contributed by atoms with van der Waals surface area (Å²) in [4.78, 5) is 25.6. The van der Waals surface area contributed by atoms with E-state index in [-0.39, 0.29) is 0 Å². The first-order valence-corrected chi connectivity index (χ1v) is 7.64. The second-order valence-electron chi connectivity index (χ2n) is 5.47. The summed E-state index contributed by atoms with van der Waals surface area (Å²) in [5, 5.41) is 12.0. The molecule has 3 rings (SSSR count). The molecule has 1 aliphatic rings. The van der Waals surface area contributed by atoms with Crippen molar-refractivity contribution in [2.75, 3.05) is 12.0 Å². The Bertz CT molecular complexity index is 728. The Labute approximate surface area is 139 Å². The zero-order valence-electron chi connectivity index (χ0n) is 13.2. The fourth-order valence-electron chi connectivity index (χ4n) is 2.85. The lowest BCUT2D eigenvalue weighted by Crippen LogP contribution is -2.47. The Balaban J connectivity index is 2.02. The molecule has 0 radical (unpaired) electrons. The van der Waals surface area contributed by atoms with Gasteiger partial charge >= 0.3 is 12.0 Å². The summed E-state index contributed by atoms with van der Waals surface area (Å²) in [5.74, 6) is -0.917. The Kier molecular flexibility index (Phi) is 4.48. The van der Waals surface area contributed by atoms with Gasteiger partial charge in [-0.1, -0.05) is 36.4 Å². The number of carbonyl (C=O) groups excluding carboxylic acids is 2. The van der Waals surface area contributed by atoms with Crippen molar-refractivity contribution in [3.05, 3.63) is 59.7 Å². The third-order valence-corrected chi connectivity index (χ3v) is 4.02. The molecule has 2 aromatic rings. The molecular formula is C18H18N2O4. The van der Waals surface area contributed by atoms with Gasteiger partial charge in [0, 0.05) is 0 Å². The van der Waals surface area contributed by atoms with Crippen LogP contribution in [0.1, 0.15) is 11.1 Å². The number of carbonyl (C=O) groups is 2. The molecule has 0 fully saturated rings. The highest BCUT2D eigenvalue weighted by Crippen LogP contribution is 2.35. The van der Waals surface area contributed by atoms with Crippen LogP contribution in [-0.4, -0.2) is 30.4 Å². The van der Waals surface area contributed by atoms with E-state index < -0.39 is 18.2 Å². The first kappa shape index (κ1) is 16.0. The van der Waals surface area contributed by atoms with Gasteiger partial charge in [0.1, 0.15) is 0 Å². The van der Waals surface area contributed by atoms with Crippen LogP contribution in [0.15, 0.2) is 48.5 Å². The lowest BCUT2D eigenvalue weighted by molar-refractivity contribution is -0.151. The number of nitrogens with one attached hydrogen (secondary N) is 1. The Hall–Kier alpha value is -2.86. The molecule has 0 aliphatic carbocycles. The number of para-hydroxylation sites is 2. The summed E-state index contributed by atoms with van der Waals surface area (Å²) < 4.78 is 4.44. The molecule has 2 aromatic carbocycles. The number of urea groups is 1. The molecule has 2 amide bonds. The van der Waals surface area contributed by atoms with Crippen LogP contribution in [0.25, 0.3) is 0 Å². The molecule has 6 nitrogen and oxygen atoms in total. The summed E-state index contributed by atoms with van der Waals surface area (Å²) in [7, 11) is 1.15. The number of esters is 1.